The zero-order valence-electron chi connectivity index (χ0n) is 14.1. The summed E-state index contributed by atoms with van der Waals surface area (Å²) in [5, 5.41) is 0. The first-order valence-corrected chi connectivity index (χ1v) is 8.69. The summed E-state index contributed by atoms with van der Waals surface area (Å²) in [5.74, 6) is 0.729. The van der Waals surface area contributed by atoms with Gasteiger partial charge in [0.05, 0.1) is 0 Å². The maximum absolute atomic E-state index is 6.31. The summed E-state index contributed by atoms with van der Waals surface area (Å²) in [7, 11) is 0. The molecule has 2 rings (SSSR count). The molecule has 20 heavy (non-hydrogen) atoms. The zero-order valence-corrected chi connectivity index (χ0v) is 14.1. The van der Waals surface area contributed by atoms with Crippen LogP contribution in [0, 0.1) is 5.92 Å². The molecule has 1 heterocycles. The van der Waals surface area contributed by atoms with Crippen molar-refractivity contribution in [2.24, 2.45) is 11.7 Å². The van der Waals surface area contributed by atoms with Crippen molar-refractivity contribution in [3.63, 3.8) is 0 Å². The molecule has 1 unspecified atom stereocenters. The quantitative estimate of drug-likeness (QED) is 0.812. The van der Waals surface area contributed by atoms with Crippen LogP contribution in [0.25, 0.3) is 0 Å². The van der Waals surface area contributed by atoms with Gasteiger partial charge in [0.15, 0.2) is 0 Å². The molecule has 118 valence electrons. The van der Waals surface area contributed by atoms with Crippen LogP contribution in [0.1, 0.15) is 59.8 Å². The number of hydrogen-bond donors (Lipinski definition) is 1. The third-order valence-electron chi connectivity index (χ3n) is 5.41. The second kappa shape index (κ2) is 6.76. The fraction of sp³-hybridized carbons (Fsp3) is 1.00. The minimum atomic E-state index is 0.240. The van der Waals surface area contributed by atoms with Crippen LogP contribution < -0.4 is 5.73 Å². The first-order chi connectivity index (χ1) is 9.48. The van der Waals surface area contributed by atoms with E-state index in [1.54, 1.807) is 0 Å². The van der Waals surface area contributed by atoms with E-state index in [2.05, 4.69) is 37.5 Å². The Kier molecular flexibility index (Phi) is 5.49. The number of likely N-dealkylation sites (tertiary alicyclic amines) is 1. The van der Waals surface area contributed by atoms with Crippen molar-refractivity contribution in [1.29, 1.82) is 0 Å². The lowest BCUT2D eigenvalue weighted by molar-refractivity contribution is 0.0407. The molecule has 0 bridgehead atoms. The fourth-order valence-corrected chi connectivity index (χ4v) is 4.19. The van der Waals surface area contributed by atoms with Gasteiger partial charge >= 0.3 is 0 Å². The second-order valence-corrected chi connectivity index (χ2v) is 7.73. The fourth-order valence-electron chi connectivity index (χ4n) is 4.19. The van der Waals surface area contributed by atoms with Crippen LogP contribution in [-0.4, -0.2) is 53.6 Å². The molecule has 3 nitrogen and oxygen atoms in total. The molecule has 2 aliphatic rings. The predicted octanol–water partition coefficient (Wildman–Crippen LogP) is 2.70. The van der Waals surface area contributed by atoms with Crippen LogP contribution in [-0.2, 0) is 0 Å². The summed E-state index contributed by atoms with van der Waals surface area (Å²) in [5.41, 5.74) is 6.55. The van der Waals surface area contributed by atoms with E-state index in [0.29, 0.717) is 6.04 Å². The number of rotatable bonds is 6. The molecule has 1 aliphatic heterocycles. The van der Waals surface area contributed by atoms with Gasteiger partial charge in [-0.2, -0.15) is 0 Å². The van der Waals surface area contributed by atoms with E-state index in [0.717, 1.165) is 18.5 Å². The Labute approximate surface area is 125 Å². The predicted molar refractivity (Wildman–Crippen MR) is 86.9 cm³/mol. The molecule has 0 aromatic rings. The molecule has 1 aliphatic carbocycles. The highest BCUT2D eigenvalue weighted by Gasteiger charge is 2.45. The van der Waals surface area contributed by atoms with Gasteiger partial charge in [0.25, 0.3) is 0 Å². The van der Waals surface area contributed by atoms with Gasteiger partial charge in [0.2, 0.25) is 0 Å². The van der Waals surface area contributed by atoms with Gasteiger partial charge in [-0.05, 0) is 39.0 Å². The molecular weight excluding hydrogens is 246 g/mol. The smallest absolute Gasteiger partial charge is 0.0473 e. The van der Waals surface area contributed by atoms with Crippen LogP contribution in [0.3, 0.4) is 0 Å². The lowest BCUT2D eigenvalue weighted by Crippen LogP contribution is -2.60. The first-order valence-electron chi connectivity index (χ1n) is 8.69. The summed E-state index contributed by atoms with van der Waals surface area (Å²) < 4.78 is 0. The molecular formula is C17H35N3. The molecule has 0 aromatic carbocycles. The van der Waals surface area contributed by atoms with Gasteiger partial charge in [-0.15, -0.1) is 0 Å². The minimum Gasteiger partial charge on any atom is -0.329 e. The number of nitrogens with zero attached hydrogens (tertiary/aromatic N) is 2. The summed E-state index contributed by atoms with van der Waals surface area (Å²) in [6.45, 7) is 13.8. The Morgan fingerprint density at radius 3 is 2.30 bits per heavy atom. The topological polar surface area (TPSA) is 32.5 Å². The highest BCUT2D eigenvalue weighted by molar-refractivity contribution is 5.03. The van der Waals surface area contributed by atoms with E-state index in [1.165, 1.54) is 51.7 Å². The van der Waals surface area contributed by atoms with E-state index in [-0.39, 0.29) is 5.54 Å². The van der Waals surface area contributed by atoms with Crippen molar-refractivity contribution >= 4 is 0 Å². The van der Waals surface area contributed by atoms with E-state index in [1.807, 2.05) is 0 Å². The van der Waals surface area contributed by atoms with Gasteiger partial charge in [-0.3, -0.25) is 9.80 Å². The summed E-state index contributed by atoms with van der Waals surface area (Å²) in [6.07, 6.45) is 6.85. The van der Waals surface area contributed by atoms with Crippen molar-refractivity contribution < 1.29 is 0 Å². The third kappa shape index (κ3) is 3.37. The largest absolute Gasteiger partial charge is 0.329 e. The van der Waals surface area contributed by atoms with Gasteiger partial charge < -0.3 is 5.73 Å². The van der Waals surface area contributed by atoms with Crippen molar-refractivity contribution in [2.75, 3.05) is 26.2 Å². The lowest BCUT2D eigenvalue weighted by Gasteiger charge is -2.45. The number of nitrogens with two attached hydrogens (primary N) is 1. The van der Waals surface area contributed by atoms with Crippen molar-refractivity contribution in [3.8, 4) is 0 Å². The molecule has 2 fully saturated rings. The van der Waals surface area contributed by atoms with Gasteiger partial charge in [-0.25, -0.2) is 0 Å². The van der Waals surface area contributed by atoms with Crippen LogP contribution in [0.15, 0.2) is 0 Å². The molecule has 0 amide bonds. The molecule has 2 N–H and O–H groups in total. The monoisotopic (exact) mass is 281 g/mol. The van der Waals surface area contributed by atoms with Crippen molar-refractivity contribution in [3.05, 3.63) is 0 Å². The van der Waals surface area contributed by atoms with Crippen molar-refractivity contribution in [2.45, 2.75) is 77.4 Å². The normalized spacial score (nSPS) is 29.4. The molecule has 1 atom stereocenters. The molecule has 1 saturated carbocycles. The minimum absolute atomic E-state index is 0.240. The highest BCUT2D eigenvalue weighted by atomic mass is 15.3. The molecule has 0 spiro atoms. The molecule has 3 heteroatoms. The third-order valence-corrected chi connectivity index (χ3v) is 5.41. The average molecular weight is 281 g/mol. The van der Waals surface area contributed by atoms with Crippen molar-refractivity contribution in [1.82, 2.24) is 9.80 Å². The highest BCUT2D eigenvalue weighted by Crippen LogP contribution is 2.35. The zero-order chi connectivity index (χ0) is 14.8. The Morgan fingerprint density at radius 1 is 1.20 bits per heavy atom. The molecule has 1 saturated heterocycles. The average Bonchev–Trinajstić information content (AvgIpc) is 3.06. The summed E-state index contributed by atoms with van der Waals surface area (Å²) in [4.78, 5) is 5.45. The Hall–Kier alpha value is -0.120. The lowest BCUT2D eigenvalue weighted by atomic mass is 9.92. The SMILES string of the molecule is CC(C)CN(C1CCCC1)C1(CN)CCN(C(C)C)C1. The van der Waals surface area contributed by atoms with Gasteiger partial charge in [-0.1, -0.05) is 26.7 Å². The summed E-state index contributed by atoms with van der Waals surface area (Å²) >= 11 is 0. The maximum Gasteiger partial charge on any atom is 0.0473 e. The molecule has 0 aromatic heterocycles. The maximum atomic E-state index is 6.31. The summed E-state index contributed by atoms with van der Waals surface area (Å²) in [6, 6.07) is 1.43. The molecule has 0 radical (unpaired) electrons. The van der Waals surface area contributed by atoms with E-state index in [9.17, 15) is 0 Å². The Bertz CT molecular complexity index is 297. The number of hydrogen-bond acceptors (Lipinski definition) is 3. The Morgan fingerprint density at radius 2 is 1.85 bits per heavy atom. The van der Waals surface area contributed by atoms with Gasteiger partial charge in [0, 0.05) is 43.8 Å². The second-order valence-electron chi connectivity index (χ2n) is 7.73. The van der Waals surface area contributed by atoms with Crippen LogP contribution in [0.5, 0.6) is 0 Å². The van der Waals surface area contributed by atoms with E-state index in [4.69, 9.17) is 5.73 Å². The Balaban J connectivity index is 2.15. The van der Waals surface area contributed by atoms with E-state index < -0.39 is 0 Å². The standard InChI is InChI=1S/C17H35N3/c1-14(2)11-20(16-7-5-6-8-16)17(12-18)9-10-19(13-17)15(3)4/h14-16H,5-13,18H2,1-4H3. The van der Waals surface area contributed by atoms with Crippen LogP contribution in [0.4, 0.5) is 0 Å². The van der Waals surface area contributed by atoms with Crippen LogP contribution in [0.2, 0.25) is 0 Å². The van der Waals surface area contributed by atoms with Crippen LogP contribution >= 0.6 is 0 Å². The van der Waals surface area contributed by atoms with E-state index >= 15 is 0 Å². The first kappa shape index (κ1) is 16.3. The van der Waals surface area contributed by atoms with Gasteiger partial charge in [0.1, 0.15) is 0 Å².